The molecule has 2 heterocycles. The van der Waals surface area contributed by atoms with Gasteiger partial charge < -0.3 is 5.32 Å². The molecule has 1 unspecified atom stereocenters. The zero-order valence-corrected chi connectivity index (χ0v) is 14.7. The van der Waals surface area contributed by atoms with E-state index < -0.39 is 16.1 Å². The average molecular weight is 353 g/mol. The Bertz CT molecular complexity index is 845. The molecule has 23 heavy (non-hydrogen) atoms. The van der Waals surface area contributed by atoms with Crippen molar-refractivity contribution in [2.75, 3.05) is 18.1 Å². The van der Waals surface area contributed by atoms with E-state index in [1.807, 2.05) is 25.1 Å². The van der Waals surface area contributed by atoms with Gasteiger partial charge in [-0.25, -0.2) is 13.4 Å². The average Bonchev–Trinajstić information content (AvgIpc) is 2.87. The molecule has 0 bridgehead atoms. The van der Waals surface area contributed by atoms with Gasteiger partial charge in [0.05, 0.1) is 16.5 Å². The SMILES string of the molecule is Cc1ccc2nc(NC(=O)C3CCCCN3S(C)(=O)=O)sc2c1. The summed E-state index contributed by atoms with van der Waals surface area (Å²) in [6, 6.07) is 5.26. The minimum absolute atomic E-state index is 0.300. The van der Waals surface area contributed by atoms with E-state index in [2.05, 4.69) is 10.3 Å². The third-order valence-electron chi connectivity index (χ3n) is 3.96. The molecule has 2 aromatic rings. The highest BCUT2D eigenvalue weighted by atomic mass is 32.2. The minimum atomic E-state index is -3.39. The van der Waals surface area contributed by atoms with Crippen molar-refractivity contribution >= 4 is 42.6 Å². The summed E-state index contributed by atoms with van der Waals surface area (Å²) in [5.74, 6) is -0.300. The van der Waals surface area contributed by atoms with Gasteiger partial charge in [0.25, 0.3) is 0 Å². The van der Waals surface area contributed by atoms with Crippen molar-refractivity contribution in [1.82, 2.24) is 9.29 Å². The van der Waals surface area contributed by atoms with Gasteiger partial charge in [0.15, 0.2) is 5.13 Å². The molecule has 1 aromatic carbocycles. The lowest BCUT2D eigenvalue weighted by Crippen LogP contribution is -2.49. The number of carbonyl (C=O) groups is 1. The number of thiazole rings is 1. The van der Waals surface area contributed by atoms with Gasteiger partial charge in [0.1, 0.15) is 6.04 Å². The normalized spacial score (nSPS) is 19.8. The summed E-state index contributed by atoms with van der Waals surface area (Å²) >= 11 is 1.40. The standard InChI is InChI=1S/C15H19N3O3S2/c1-10-6-7-11-13(9-10)22-15(16-11)17-14(19)12-5-3-4-8-18(12)23(2,20)21/h6-7,9,12H,3-5,8H2,1-2H3,(H,16,17,19). The highest BCUT2D eigenvalue weighted by Crippen LogP contribution is 2.28. The van der Waals surface area contributed by atoms with Crippen LogP contribution in [0.3, 0.4) is 0 Å². The molecule has 0 spiro atoms. The topological polar surface area (TPSA) is 79.4 Å². The van der Waals surface area contributed by atoms with Crippen LogP contribution in [-0.2, 0) is 14.8 Å². The lowest BCUT2D eigenvalue weighted by molar-refractivity contribution is -0.120. The molecule has 1 aromatic heterocycles. The van der Waals surface area contributed by atoms with Crippen LogP contribution in [0.5, 0.6) is 0 Å². The number of aromatic nitrogens is 1. The van der Waals surface area contributed by atoms with Gasteiger partial charge >= 0.3 is 0 Å². The van der Waals surface area contributed by atoms with Crippen molar-refractivity contribution in [2.45, 2.75) is 32.2 Å². The summed E-state index contributed by atoms with van der Waals surface area (Å²) in [6.45, 7) is 2.40. The molecule has 1 N–H and O–H groups in total. The van der Waals surface area contributed by atoms with Crippen LogP contribution < -0.4 is 5.32 Å². The van der Waals surface area contributed by atoms with Crippen LogP contribution in [0.1, 0.15) is 24.8 Å². The van der Waals surface area contributed by atoms with E-state index in [9.17, 15) is 13.2 Å². The van der Waals surface area contributed by atoms with Crippen LogP contribution in [-0.4, -0.2) is 42.5 Å². The predicted molar refractivity (Wildman–Crippen MR) is 92.2 cm³/mol. The number of nitrogens with one attached hydrogen (secondary N) is 1. The van der Waals surface area contributed by atoms with Crippen LogP contribution in [0.15, 0.2) is 18.2 Å². The number of piperidine rings is 1. The summed E-state index contributed by atoms with van der Waals surface area (Å²) in [4.78, 5) is 16.9. The van der Waals surface area contributed by atoms with Gasteiger partial charge in [-0.05, 0) is 37.5 Å². The Labute approximate surface area is 139 Å². The molecule has 1 atom stereocenters. The third kappa shape index (κ3) is 3.54. The largest absolute Gasteiger partial charge is 0.301 e. The molecule has 124 valence electrons. The van der Waals surface area contributed by atoms with E-state index >= 15 is 0 Å². The summed E-state index contributed by atoms with van der Waals surface area (Å²) in [7, 11) is -3.39. The number of nitrogens with zero attached hydrogens (tertiary/aromatic N) is 2. The number of fused-ring (bicyclic) bond motifs is 1. The molecule has 3 rings (SSSR count). The Morgan fingerprint density at radius 2 is 2.17 bits per heavy atom. The molecular weight excluding hydrogens is 334 g/mol. The second-order valence-corrected chi connectivity index (χ2v) is 8.83. The Balaban J connectivity index is 1.81. The van der Waals surface area contributed by atoms with E-state index in [1.165, 1.54) is 15.6 Å². The maximum Gasteiger partial charge on any atom is 0.244 e. The number of hydrogen-bond donors (Lipinski definition) is 1. The van der Waals surface area contributed by atoms with Crippen molar-refractivity contribution in [3.63, 3.8) is 0 Å². The maximum absolute atomic E-state index is 12.5. The molecule has 0 radical (unpaired) electrons. The fourth-order valence-electron chi connectivity index (χ4n) is 2.84. The molecular formula is C15H19N3O3S2. The minimum Gasteiger partial charge on any atom is -0.301 e. The van der Waals surface area contributed by atoms with E-state index in [0.717, 1.165) is 34.9 Å². The number of sulfonamides is 1. The van der Waals surface area contributed by atoms with Gasteiger partial charge in [-0.2, -0.15) is 4.31 Å². The Morgan fingerprint density at radius 3 is 2.91 bits per heavy atom. The Hall–Kier alpha value is -1.51. The van der Waals surface area contributed by atoms with E-state index in [4.69, 9.17) is 0 Å². The number of carbonyl (C=O) groups excluding carboxylic acids is 1. The highest BCUT2D eigenvalue weighted by Gasteiger charge is 2.34. The lowest BCUT2D eigenvalue weighted by Gasteiger charge is -2.32. The molecule has 0 aliphatic carbocycles. The second kappa shape index (κ2) is 6.18. The molecule has 1 aliphatic rings. The first-order valence-corrected chi connectivity index (χ1v) is 10.2. The molecule has 6 nitrogen and oxygen atoms in total. The summed E-state index contributed by atoms with van der Waals surface area (Å²) in [6.07, 6.45) is 3.34. The predicted octanol–water partition coefficient (Wildman–Crippen LogP) is 2.36. The number of benzene rings is 1. The number of anilines is 1. The smallest absolute Gasteiger partial charge is 0.244 e. The quantitative estimate of drug-likeness (QED) is 0.919. The van der Waals surface area contributed by atoms with E-state index in [0.29, 0.717) is 18.1 Å². The highest BCUT2D eigenvalue weighted by molar-refractivity contribution is 7.88. The number of hydrogen-bond acceptors (Lipinski definition) is 5. The first-order valence-electron chi connectivity index (χ1n) is 7.49. The monoisotopic (exact) mass is 353 g/mol. The lowest BCUT2D eigenvalue weighted by atomic mass is 10.0. The van der Waals surface area contributed by atoms with Crippen molar-refractivity contribution in [2.24, 2.45) is 0 Å². The van der Waals surface area contributed by atoms with E-state index in [1.54, 1.807) is 0 Å². The number of rotatable bonds is 3. The molecule has 1 amide bonds. The zero-order valence-electron chi connectivity index (χ0n) is 13.1. The number of amides is 1. The van der Waals surface area contributed by atoms with Crippen molar-refractivity contribution < 1.29 is 13.2 Å². The van der Waals surface area contributed by atoms with E-state index in [-0.39, 0.29) is 5.91 Å². The Morgan fingerprint density at radius 1 is 1.39 bits per heavy atom. The zero-order chi connectivity index (χ0) is 16.6. The van der Waals surface area contributed by atoms with Crippen molar-refractivity contribution in [3.8, 4) is 0 Å². The van der Waals surface area contributed by atoms with Crippen LogP contribution in [0.2, 0.25) is 0 Å². The molecule has 8 heteroatoms. The maximum atomic E-state index is 12.5. The van der Waals surface area contributed by atoms with Gasteiger partial charge in [0, 0.05) is 6.54 Å². The van der Waals surface area contributed by atoms with Crippen LogP contribution >= 0.6 is 11.3 Å². The number of aryl methyl sites for hydroxylation is 1. The fraction of sp³-hybridized carbons (Fsp3) is 0.467. The van der Waals surface area contributed by atoms with Gasteiger partial charge in [-0.1, -0.05) is 23.8 Å². The molecule has 0 saturated carbocycles. The first kappa shape index (κ1) is 16.4. The van der Waals surface area contributed by atoms with Crippen molar-refractivity contribution in [3.05, 3.63) is 23.8 Å². The third-order valence-corrected chi connectivity index (χ3v) is 6.18. The van der Waals surface area contributed by atoms with Gasteiger partial charge in [0.2, 0.25) is 15.9 Å². The van der Waals surface area contributed by atoms with Crippen molar-refractivity contribution in [1.29, 1.82) is 0 Å². The first-order chi connectivity index (χ1) is 10.8. The molecule has 1 aliphatic heterocycles. The summed E-state index contributed by atoms with van der Waals surface area (Å²) in [5, 5.41) is 3.29. The Kier molecular flexibility index (Phi) is 4.39. The molecule has 1 fully saturated rings. The summed E-state index contributed by atoms with van der Waals surface area (Å²) in [5.41, 5.74) is 1.97. The molecule has 1 saturated heterocycles. The summed E-state index contributed by atoms with van der Waals surface area (Å²) < 4.78 is 26.0. The van der Waals surface area contributed by atoms with Crippen LogP contribution in [0.25, 0.3) is 10.2 Å². The second-order valence-electron chi connectivity index (χ2n) is 5.86. The van der Waals surface area contributed by atoms with Gasteiger partial charge in [-0.15, -0.1) is 0 Å². The fourth-order valence-corrected chi connectivity index (χ4v) is 4.93. The van der Waals surface area contributed by atoms with Gasteiger partial charge in [-0.3, -0.25) is 4.79 Å². The van der Waals surface area contributed by atoms with Crippen LogP contribution in [0, 0.1) is 6.92 Å². The van der Waals surface area contributed by atoms with Crippen LogP contribution in [0.4, 0.5) is 5.13 Å².